The van der Waals surface area contributed by atoms with Gasteiger partial charge in [-0.25, -0.2) is 4.79 Å². The van der Waals surface area contributed by atoms with E-state index in [2.05, 4.69) is 24.1 Å². The van der Waals surface area contributed by atoms with Gasteiger partial charge in [0.05, 0.1) is 0 Å². The molecule has 1 saturated carbocycles. The second-order valence-corrected chi connectivity index (χ2v) is 4.51. The number of aromatic nitrogens is 1. The Hall–Kier alpha value is -1.52. The predicted molar refractivity (Wildman–Crippen MR) is 58.4 cm³/mol. The largest absolute Gasteiger partial charge is 0.476 e. The molecule has 0 amide bonds. The number of hydrogen-bond donors (Lipinski definition) is 2. The summed E-state index contributed by atoms with van der Waals surface area (Å²) in [4.78, 5) is 14.5. The zero-order valence-corrected chi connectivity index (χ0v) is 9.43. The van der Waals surface area contributed by atoms with E-state index in [1.807, 2.05) is 0 Å². The van der Waals surface area contributed by atoms with Crippen LogP contribution in [0.1, 0.15) is 37.2 Å². The van der Waals surface area contributed by atoms with Gasteiger partial charge in [0.25, 0.3) is 6.01 Å². The summed E-state index contributed by atoms with van der Waals surface area (Å²) in [7, 11) is 0. The molecule has 0 spiro atoms. The maximum atomic E-state index is 10.6. The second-order valence-electron chi connectivity index (χ2n) is 4.51. The fraction of sp³-hybridized carbons (Fsp3) is 0.636. The van der Waals surface area contributed by atoms with Crippen LogP contribution in [0.5, 0.6) is 0 Å². The predicted octanol–water partition coefficient (Wildman–Crippen LogP) is 2.22. The van der Waals surface area contributed by atoms with Crippen molar-refractivity contribution in [2.45, 2.75) is 32.7 Å². The molecule has 3 atom stereocenters. The first kappa shape index (κ1) is 11.0. The van der Waals surface area contributed by atoms with E-state index in [-0.39, 0.29) is 5.69 Å². The molecule has 1 heterocycles. The number of nitrogens with one attached hydrogen (secondary N) is 1. The third-order valence-electron chi connectivity index (χ3n) is 3.50. The van der Waals surface area contributed by atoms with Gasteiger partial charge >= 0.3 is 5.97 Å². The molecule has 0 bridgehead atoms. The number of oxazole rings is 1. The second kappa shape index (κ2) is 4.15. The Morgan fingerprint density at radius 3 is 2.81 bits per heavy atom. The average Bonchev–Trinajstić information content (AvgIpc) is 2.81. The lowest BCUT2D eigenvalue weighted by Crippen LogP contribution is -2.24. The molecule has 0 aromatic carbocycles. The van der Waals surface area contributed by atoms with Crippen LogP contribution >= 0.6 is 0 Å². The number of carbonyl (C=O) groups is 1. The summed E-state index contributed by atoms with van der Waals surface area (Å²) >= 11 is 0. The van der Waals surface area contributed by atoms with E-state index in [4.69, 9.17) is 9.52 Å². The molecule has 2 rings (SSSR count). The Balaban J connectivity index is 2.01. The number of carboxylic acid groups (broad SMARTS) is 1. The Morgan fingerprint density at radius 1 is 1.56 bits per heavy atom. The average molecular weight is 224 g/mol. The van der Waals surface area contributed by atoms with Crippen LogP contribution in [0.4, 0.5) is 6.01 Å². The molecule has 0 aliphatic heterocycles. The number of anilines is 1. The van der Waals surface area contributed by atoms with Gasteiger partial charge in [0.15, 0.2) is 5.69 Å². The van der Waals surface area contributed by atoms with Gasteiger partial charge in [0.2, 0.25) is 0 Å². The lowest BCUT2D eigenvalue weighted by Gasteiger charge is -2.18. The van der Waals surface area contributed by atoms with E-state index in [0.29, 0.717) is 23.9 Å². The van der Waals surface area contributed by atoms with Crippen LogP contribution in [0, 0.1) is 11.8 Å². The number of rotatable bonds is 3. The van der Waals surface area contributed by atoms with Crippen LogP contribution in [0.15, 0.2) is 10.7 Å². The van der Waals surface area contributed by atoms with Crippen molar-refractivity contribution < 1.29 is 14.3 Å². The van der Waals surface area contributed by atoms with Gasteiger partial charge in [0.1, 0.15) is 6.26 Å². The molecule has 5 heteroatoms. The molecule has 2 N–H and O–H groups in total. The van der Waals surface area contributed by atoms with E-state index in [1.165, 1.54) is 6.42 Å². The van der Waals surface area contributed by atoms with Gasteiger partial charge < -0.3 is 14.8 Å². The van der Waals surface area contributed by atoms with E-state index in [1.54, 1.807) is 0 Å². The van der Waals surface area contributed by atoms with Crippen molar-refractivity contribution in [2.24, 2.45) is 11.8 Å². The van der Waals surface area contributed by atoms with Gasteiger partial charge in [-0.2, -0.15) is 4.98 Å². The minimum Gasteiger partial charge on any atom is -0.476 e. The van der Waals surface area contributed by atoms with E-state index in [9.17, 15) is 4.79 Å². The van der Waals surface area contributed by atoms with Crippen molar-refractivity contribution in [2.75, 3.05) is 5.32 Å². The maximum absolute atomic E-state index is 10.6. The summed E-state index contributed by atoms with van der Waals surface area (Å²) in [6, 6.07) is 0.638. The third-order valence-corrected chi connectivity index (χ3v) is 3.50. The van der Waals surface area contributed by atoms with E-state index >= 15 is 0 Å². The number of nitrogens with zero attached hydrogens (tertiary/aromatic N) is 1. The van der Waals surface area contributed by atoms with E-state index < -0.39 is 5.97 Å². The zero-order chi connectivity index (χ0) is 11.7. The summed E-state index contributed by atoms with van der Waals surface area (Å²) in [5.74, 6) is 0.177. The first-order valence-corrected chi connectivity index (χ1v) is 5.53. The minimum absolute atomic E-state index is 0.0544. The fourth-order valence-electron chi connectivity index (χ4n) is 2.17. The minimum atomic E-state index is -1.07. The standard InChI is InChI=1S/C11H16N2O3/c1-6-3-4-8(7(6)2)12-11-13-9(5-16-11)10(14)15/h5-8H,3-4H2,1-2H3,(H,12,13)(H,14,15). The summed E-state index contributed by atoms with van der Waals surface area (Å²) in [6.07, 6.45) is 3.42. The molecular formula is C11H16N2O3. The summed E-state index contributed by atoms with van der Waals surface area (Å²) in [6.45, 7) is 4.42. The van der Waals surface area contributed by atoms with Gasteiger partial charge in [-0.3, -0.25) is 0 Å². The molecule has 1 fully saturated rings. The first-order valence-electron chi connectivity index (χ1n) is 5.53. The quantitative estimate of drug-likeness (QED) is 0.823. The summed E-state index contributed by atoms with van der Waals surface area (Å²) in [5, 5.41) is 11.9. The summed E-state index contributed by atoms with van der Waals surface area (Å²) in [5.41, 5.74) is -0.0544. The Kier molecular flexibility index (Phi) is 2.85. The van der Waals surface area contributed by atoms with Crippen LogP contribution in [-0.2, 0) is 0 Å². The SMILES string of the molecule is CC1CCC(Nc2nc(C(=O)O)co2)C1C. The van der Waals surface area contributed by atoms with Gasteiger partial charge in [-0.05, 0) is 24.7 Å². The number of hydrogen-bond acceptors (Lipinski definition) is 4. The molecule has 88 valence electrons. The highest BCUT2D eigenvalue weighted by molar-refractivity contribution is 5.85. The van der Waals surface area contributed by atoms with Crippen molar-refractivity contribution in [1.82, 2.24) is 4.98 Å². The van der Waals surface area contributed by atoms with Crippen LogP contribution in [0.2, 0.25) is 0 Å². The highest BCUT2D eigenvalue weighted by Crippen LogP contribution is 2.32. The monoisotopic (exact) mass is 224 g/mol. The van der Waals surface area contributed by atoms with Crippen molar-refractivity contribution in [1.29, 1.82) is 0 Å². The Bertz CT molecular complexity index is 388. The molecule has 5 nitrogen and oxygen atoms in total. The highest BCUT2D eigenvalue weighted by atomic mass is 16.4. The molecule has 16 heavy (non-hydrogen) atoms. The Morgan fingerprint density at radius 2 is 2.31 bits per heavy atom. The van der Waals surface area contributed by atoms with E-state index in [0.717, 1.165) is 12.7 Å². The van der Waals surface area contributed by atoms with Crippen molar-refractivity contribution in [3.05, 3.63) is 12.0 Å². The van der Waals surface area contributed by atoms with Crippen LogP contribution < -0.4 is 5.32 Å². The lowest BCUT2D eigenvalue weighted by molar-refractivity contribution is 0.0690. The third kappa shape index (κ3) is 2.03. The topological polar surface area (TPSA) is 75.4 Å². The first-order chi connectivity index (χ1) is 7.58. The molecule has 0 radical (unpaired) electrons. The lowest BCUT2D eigenvalue weighted by atomic mass is 9.98. The highest BCUT2D eigenvalue weighted by Gasteiger charge is 2.30. The van der Waals surface area contributed by atoms with Crippen molar-refractivity contribution in [3.63, 3.8) is 0 Å². The molecule has 1 aliphatic carbocycles. The van der Waals surface area contributed by atoms with Crippen LogP contribution in [0.3, 0.4) is 0 Å². The van der Waals surface area contributed by atoms with Crippen molar-refractivity contribution >= 4 is 12.0 Å². The smallest absolute Gasteiger partial charge is 0.357 e. The molecular weight excluding hydrogens is 208 g/mol. The molecule has 1 aromatic heterocycles. The number of aromatic carboxylic acids is 1. The van der Waals surface area contributed by atoms with Crippen LogP contribution in [0.25, 0.3) is 0 Å². The van der Waals surface area contributed by atoms with Gasteiger partial charge in [-0.1, -0.05) is 13.8 Å². The van der Waals surface area contributed by atoms with Crippen LogP contribution in [-0.4, -0.2) is 22.1 Å². The van der Waals surface area contributed by atoms with Gasteiger partial charge in [-0.15, -0.1) is 0 Å². The zero-order valence-electron chi connectivity index (χ0n) is 9.43. The summed E-state index contributed by atoms with van der Waals surface area (Å²) < 4.78 is 5.07. The Labute approximate surface area is 93.9 Å². The molecule has 3 unspecified atom stereocenters. The maximum Gasteiger partial charge on any atom is 0.357 e. The van der Waals surface area contributed by atoms with Crippen molar-refractivity contribution in [3.8, 4) is 0 Å². The molecule has 1 aromatic rings. The molecule has 0 saturated heterocycles. The number of carboxylic acids is 1. The fourth-order valence-corrected chi connectivity index (χ4v) is 2.17. The van der Waals surface area contributed by atoms with Gasteiger partial charge in [0, 0.05) is 6.04 Å². The molecule has 1 aliphatic rings. The normalized spacial score (nSPS) is 29.2.